The van der Waals surface area contributed by atoms with E-state index in [-0.39, 0.29) is 18.9 Å². The summed E-state index contributed by atoms with van der Waals surface area (Å²) in [6, 6.07) is 9.48. The number of benzene rings is 2. The summed E-state index contributed by atoms with van der Waals surface area (Å²) in [6.45, 7) is 0.321. The van der Waals surface area contributed by atoms with Crippen molar-refractivity contribution in [1.29, 1.82) is 0 Å². The van der Waals surface area contributed by atoms with Crippen LogP contribution in [0, 0.1) is 0 Å². The van der Waals surface area contributed by atoms with Crippen molar-refractivity contribution in [2.75, 3.05) is 6.79 Å². The minimum atomic E-state index is -4.48. The lowest BCUT2D eigenvalue weighted by atomic mass is 10.1. The third kappa shape index (κ3) is 3.39. The molecule has 2 aromatic rings. The second-order valence-corrected chi connectivity index (χ2v) is 4.95. The van der Waals surface area contributed by atoms with E-state index in [4.69, 9.17) is 9.47 Å². The van der Waals surface area contributed by atoms with E-state index in [1.54, 1.807) is 18.2 Å². The van der Waals surface area contributed by atoms with Crippen LogP contribution in [0.2, 0.25) is 0 Å². The maximum Gasteiger partial charge on any atom is 0.416 e. The van der Waals surface area contributed by atoms with Crippen LogP contribution < -0.4 is 14.8 Å². The minimum absolute atomic E-state index is 0.0411. The van der Waals surface area contributed by atoms with Crippen molar-refractivity contribution < 1.29 is 27.4 Å². The maximum absolute atomic E-state index is 12.7. The predicted octanol–water partition coefficient (Wildman–Crippen LogP) is 3.36. The third-order valence-corrected chi connectivity index (χ3v) is 3.34. The van der Waals surface area contributed by atoms with Gasteiger partial charge in [-0.3, -0.25) is 4.79 Å². The van der Waals surface area contributed by atoms with Crippen LogP contribution >= 0.6 is 0 Å². The van der Waals surface area contributed by atoms with Crippen molar-refractivity contribution in [2.45, 2.75) is 12.7 Å². The van der Waals surface area contributed by atoms with E-state index in [0.29, 0.717) is 11.5 Å². The highest BCUT2D eigenvalue weighted by atomic mass is 19.4. The molecule has 0 aliphatic carbocycles. The summed E-state index contributed by atoms with van der Waals surface area (Å²) in [6.07, 6.45) is -4.48. The first-order chi connectivity index (χ1) is 10.9. The quantitative estimate of drug-likeness (QED) is 0.942. The standard InChI is InChI=1S/C16H12F3NO3/c17-16(18,19)12-3-1-2-11(7-12)15(21)20-8-10-4-5-13-14(6-10)23-9-22-13/h1-7H,8-9H2,(H,20,21). The largest absolute Gasteiger partial charge is 0.454 e. The molecule has 1 aliphatic heterocycles. The predicted molar refractivity (Wildman–Crippen MR) is 75.2 cm³/mol. The molecule has 0 unspecified atom stereocenters. The molecule has 0 spiro atoms. The van der Waals surface area contributed by atoms with Crippen molar-refractivity contribution in [2.24, 2.45) is 0 Å². The molecule has 0 radical (unpaired) electrons. The van der Waals surface area contributed by atoms with E-state index in [1.807, 2.05) is 0 Å². The van der Waals surface area contributed by atoms with Gasteiger partial charge in [0, 0.05) is 12.1 Å². The number of ether oxygens (including phenoxy) is 2. The van der Waals surface area contributed by atoms with Gasteiger partial charge in [0.2, 0.25) is 6.79 Å². The molecular weight excluding hydrogens is 311 g/mol. The van der Waals surface area contributed by atoms with E-state index in [9.17, 15) is 18.0 Å². The minimum Gasteiger partial charge on any atom is -0.454 e. The molecule has 4 nitrogen and oxygen atoms in total. The van der Waals surface area contributed by atoms with Crippen LogP contribution in [0.15, 0.2) is 42.5 Å². The lowest BCUT2D eigenvalue weighted by Gasteiger charge is -2.09. The topological polar surface area (TPSA) is 47.6 Å². The molecule has 2 aromatic carbocycles. The fourth-order valence-corrected chi connectivity index (χ4v) is 2.17. The summed E-state index contributed by atoms with van der Waals surface area (Å²) in [4.78, 5) is 12.0. The molecule has 0 saturated heterocycles. The van der Waals surface area contributed by atoms with Gasteiger partial charge in [0.25, 0.3) is 5.91 Å². The fraction of sp³-hybridized carbons (Fsp3) is 0.188. The van der Waals surface area contributed by atoms with Crippen molar-refractivity contribution in [3.63, 3.8) is 0 Å². The van der Waals surface area contributed by atoms with Gasteiger partial charge in [0.05, 0.1) is 5.56 Å². The second-order valence-electron chi connectivity index (χ2n) is 4.95. The molecule has 120 valence electrons. The first kappa shape index (κ1) is 15.2. The van der Waals surface area contributed by atoms with Gasteiger partial charge in [-0.1, -0.05) is 12.1 Å². The number of alkyl halides is 3. The average Bonchev–Trinajstić information content (AvgIpc) is 2.99. The summed E-state index contributed by atoms with van der Waals surface area (Å²) < 4.78 is 48.4. The van der Waals surface area contributed by atoms with Gasteiger partial charge in [0.15, 0.2) is 11.5 Å². The Labute approximate surface area is 129 Å². The van der Waals surface area contributed by atoms with Gasteiger partial charge >= 0.3 is 6.18 Å². The molecule has 1 aliphatic rings. The van der Waals surface area contributed by atoms with Crippen molar-refractivity contribution in [3.05, 3.63) is 59.2 Å². The Kier molecular flexibility index (Phi) is 3.85. The van der Waals surface area contributed by atoms with E-state index in [1.165, 1.54) is 12.1 Å². The summed E-state index contributed by atoms with van der Waals surface area (Å²) in [7, 11) is 0. The first-order valence-electron chi connectivity index (χ1n) is 6.77. The lowest BCUT2D eigenvalue weighted by Crippen LogP contribution is -2.23. The average molecular weight is 323 g/mol. The second kappa shape index (κ2) is 5.83. The molecule has 3 rings (SSSR count). The molecule has 1 amide bonds. The van der Waals surface area contributed by atoms with Crippen LogP contribution in [0.25, 0.3) is 0 Å². The molecule has 1 N–H and O–H groups in total. The molecule has 23 heavy (non-hydrogen) atoms. The number of nitrogens with one attached hydrogen (secondary N) is 1. The highest BCUT2D eigenvalue weighted by molar-refractivity contribution is 5.94. The number of hydrogen-bond donors (Lipinski definition) is 1. The summed E-state index contributed by atoms with van der Waals surface area (Å²) >= 11 is 0. The molecule has 1 heterocycles. The Bertz CT molecular complexity index is 744. The van der Waals surface area contributed by atoms with Gasteiger partial charge in [-0.05, 0) is 35.9 Å². The number of amides is 1. The fourth-order valence-electron chi connectivity index (χ4n) is 2.17. The number of fused-ring (bicyclic) bond motifs is 1. The highest BCUT2D eigenvalue weighted by Gasteiger charge is 2.30. The Balaban J connectivity index is 1.68. The zero-order chi connectivity index (χ0) is 16.4. The van der Waals surface area contributed by atoms with E-state index in [0.717, 1.165) is 17.7 Å². The van der Waals surface area contributed by atoms with Crippen molar-refractivity contribution >= 4 is 5.91 Å². The van der Waals surface area contributed by atoms with Crippen molar-refractivity contribution in [3.8, 4) is 11.5 Å². The summed E-state index contributed by atoms with van der Waals surface area (Å²) in [5.41, 5.74) is -0.136. The first-order valence-corrected chi connectivity index (χ1v) is 6.77. The zero-order valence-corrected chi connectivity index (χ0v) is 11.8. The maximum atomic E-state index is 12.7. The van der Waals surface area contributed by atoms with Crippen LogP contribution in [-0.2, 0) is 12.7 Å². The monoisotopic (exact) mass is 323 g/mol. The van der Waals surface area contributed by atoms with E-state index < -0.39 is 17.6 Å². The Hall–Kier alpha value is -2.70. The third-order valence-electron chi connectivity index (χ3n) is 3.34. The molecule has 0 bridgehead atoms. The Morgan fingerprint density at radius 1 is 1.09 bits per heavy atom. The summed E-state index contributed by atoms with van der Waals surface area (Å²) in [5, 5.41) is 2.58. The van der Waals surface area contributed by atoms with Crippen LogP contribution in [0.5, 0.6) is 11.5 Å². The van der Waals surface area contributed by atoms with Gasteiger partial charge in [-0.2, -0.15) is 13.2 Å². The molecule has 0 atom stereocenters. The molecule has 0 fully saturated rings. The van der Waals surface area contributed by atoms with E-state index in [2.05, 4.69) is 5.32 Å². The van der Waals surface area contributed by atoms with E-state index >= 15 is 0 Å². The lowest BCUT2D eigenvalue weighted by molar-refractivity contribution is -0.137. The molecule has 7 heteroatoms. The highest BCUT2D eigenvalue weighted by Crippen LogP contribution is 2.32. The normalized spacial score (nSPS) is 13.0. The number of halogens is 3. The number of rotatable bonds is 3. The SMILES string of the molecule is O=C(NCc1ccc2c(c1)OCO2)c1cccc(C(F)(F)F)c1. The van der Waals surface area contributed by atoms with Crippen LogP contribution in [0.4, 0.5) is 13.2 Å². The Morgan fingerprint density at radius 2 is 1.87 bits per heavy atom. The molecule has 0 aromatic heterocycles. The van der Waals surface area contributed by atoms with Crippen LogP contribution in [0.3, 0.4) is 0 Å². The van der Waals surface area contributed by atoms with Crippen LogP contribution in [0.1, 0.15) is 21.5 Å². The van der Waals surface area contributed by atoms with Gasteiger partial charge < -0.3 is 14.8 Å². The van der Waals surface area contributed by atoms with Crippen molar-refractivity contribution in [1.82, 2.24) is 5.32 Å². The smallest absolute Gasteiger partial charge is 0.416 e. The van der Waals surface area contributed by atoms with Crippen LogP contribution in [-0.4, -0.2) is 12.7 Å². The molecular formula is C16H12F3NO3. The van der Waals surface area contributed by atoms with Gasteiger partial charge in [-0.25, -0.2) is 0 Å². The number of carbonyl (C=O) groups is 1. The van der Waals surface area contributed by atoms with Gasteiger partial charge in [-0.15, -0.1) is 0 Å². The number of carbonyl (C=O) groups excluding carboxylic acids is 1. The Morgan fingerprint density at radius 3 is 2.65 bits per heavy atom. The molecule has 0 saturated carbocycles. The van der Waals surface area contributed by atoms with Gasteiger partial charge in [0.1, 0.15) is 0 Å². The summed E-state index contributed by atoms with van der Waals surface area (Å²) in [5.74, 6) is 0.627. The number of hydrogen-bond acceptors (Lipinski definition) is 3. The zero-order valence-electron chi connectivity index (χ0n) is 11.8.